The lowest BCUT2D eigenvalue weighted by atomic mass is 10.00. The summed E-state index contributed by atoms with van der Waals surface area (Å²) in [6.45, 7) is 2.86. The van der Waals surface area contributed by atoms with Crippen molar-refractivity contribution in [1.82, 2.24) is 5.32 Å². The fourth-order valence-electron chi connectivity index (χ4n) is 3.41. The lowest BCUT2D eigenvalue weighted by Gasteiger charge is -2.16. The van der Waals surface area contributed by atoms with Gasteiger partial charge < -0.3 is 25.8 Å². The summed E-state index contributed by atoms with van der Waals surface area (Å²) in [7, 11) is 0. The Morgan fingerprint density at radius 3 is 2.55 bits per heavy atom. The minimum Gasteiger partial charge on any atom is -0.507 e. The number of hydrogen-bond donors (Lipinski definition) is 4. The Kier molecular flexibility index (Phi) is 5.24. The molecule has 0 spiro atoms. The average Bonchev–Trinajstić information content (AvgIpc) is 2.90. The number of amides is 2. The maximum atomic E-state index is 11.9. The van der Waals surface area contributed by atoms with Gasteiger partial charge in [0.05, 0.1) is 11.4 Å². The molecule has 4 rings (SSSR count). The number of phenols is 1. The molecule has 29 heavy (non-hydrogen) atoms. The molecule has 4 N–H and O–H groups in total. The molecule has 1 aliphatic heterocycles. The van der Waals surface area contributed by atoms with E-state index in [1.54, 1.807) is 6.07 Å². The molecular formula is C23H23N3O3. The number of nitrogens with one attached hydrogen (secondary N) is 3. The highest BCUT2D eigenvalue weighted by atomic mass is 16.5. The predicted octanol–water partition coefficient (Wildman–Crippen LogP) is 4.76. The smallest absolute Gasteiger partial charge is 0.319 e. The lowest BCUT2D eigenvalue weighted by Crippen LogP contribution is -2.28. The maximum Gasteiger partial charge on any atom is 0.319 e. The number of benzene rings is 3. The maximum absolute atomic E-state index is 11.9. The van der Waals surface area contributed by atoms with E-state index in [0.29, 0.717) is 36.7 Å². The van der Waals surface area contributed by atoms with Gasteiger partial charge in [0.1, 0.15) is 18.1 Å². The zero-order valence-corrected chi connectivity index (χ0v) is 16.2. The van der Waals surface area contributed by atoms with Gasteiger partial charge in [-0.2, -0.15) is 0 Å². The van der Waals surface area contributed by atoms with E-state index in [0.717, 1.165) is 22.4 Å². The summed E-state index contributed by atoms with van der Waals surface area (Å²) in [4.78, 5) is 11.9. The standard InChI is InChI=1S/C23H23N3O3/c1-2-24-23(28)26-20-10-6-5-9-19(20)25-17-12-21(27)18-11-15-7-3-4-8-16(15)14-29-22(18)13-17/h3-10,12-13,25,27H,2,11,14H2,1H3,(H2,24,26,28). The summed E-state index contributed by atoms with van der Waals surface area (Å²) in [5.74, 6) is 0.828. The van der Waals surface area contributed by atoms with Gasteiger partial charge in [-0.25, -0.2) is 4.79 Å². The van der Waals surface area contributed by atoms with E-state index in [2.05, 4.69) is 22.0 Å². The minimum atomic E-state index is -0.271. The summed E-state index contributed by atoms with van der Waals surface area (Å²) in [6.07, 6.45) is 0.618. The molecule has 3 aromatic carbocycles. The Morgan fingerprint density at radius 2 is 1.76 bits per heavy atom. The van der Waals surface area contributed by atoms with Crippen LogP contribution in [0.2, 0.25) is 0 Å². The van der Waals surface area contributed by atoms with Gasteiger partial charge in [0.15, 0.2) is 0 Å². The third-order valence-electron chi connectivity index (χ3n) is 4.85. The van der Waals surface area contributed by atoms with E-state index >= 15 is 0 Å². The Hall–Kier alpha value is -3.67. The van der Waals surface area contributed by atoms with Crippen LogP contribution in [0.4, 0.5) is 21.9 Å². The molecule has 0 radical (unpaired) electrons. The minimum absolute atomic E-state index is 0.177. The number of ether oxygens (including phenoxy) is 1. The number of aromatic hydroxyl groups is 1. The van der Waals surface area contributed by atoms with Crippen molar-refractivity contribution in [2.75, 3.05) is 17.2 Å². The van der Waals surface area contributed by atoms with Gasteiger partial charge in [0.25, 0.3) is 0 Å². The molecule has 1 heterocycles. The molecular weight excluding hydrogens is 366 g/mol. The van der Waals surface area contributed by atoms with Crippen molar-refractivity contribution in [2.24, 2.45) is 0 Å². The van der Waals surface area contributed by atoms with E-state index in [1.165, 1.54) is 0 Å². The molecule has 3 aromatic rings. The van der Waals surface area contributed by atoms with Gasteiger partial charge in [0, 0.05) is 36.3 Å². The lowest BCUT2D eigenvalue weighted by molar-refractivity contribution is 0.252. The van der Waals surface area contributed by atoms with Crippen LogP contribution in [0.15, 0.2) is 60.7 Å². The molecule has 148 valence electrons. The van der Waals surface area contributed by atoms with Crippen LogP contribution < -0.4 is 20.7 Å². The second-order valence-electron chi connectivity index (χ2n) is 6.86. The number of fused-ring (bicyclic) bond motifs is 2. The molecule has 0 saturated heterocycles. The second-order valence-corrected chi connectivity index (χ2v) is 6.86. The van der Waals surface area contributed by atoms with Gasteiger partial charge in [-0.05, 0) is 30.2 Å². The van der Waals surface area contributed by atoms with Crippen LogP contribution in [0.3, 0.4) is 0 Å². The van der Waals surface area contributed by atoms with Crippen molar-refractivity contribution < 1.29 is 14.6 Å². The first-order chi connectivity index (χ1) is 14.1. The Labute approximate surface area is 169 Å². The van der Waals surface area contributed by atoms with Crippen LogP contribution in [-0.4, -0.2) is 17.7 Å². The highest BCUT2D eigenvalue weighted by Gasteiger charge is 2.18. The molecule has 0 bridgehead atoms. The van der Waals surface area contributed by atoms with E-state index in [-0.39, 0.29) is 11.8 Å². The normalized spacial score (nSPS) is 12.0. The SMILES string of the molecule is CCNC(=O)Nc1ccccc1Nc1cc(O)c2c(c1)OCc1ccccc1C2. The zero-order chi connectivity index (χ0) is 20.2. The summed E-state index contributed by atoms with van der Waals surface area (Å²) >= 11 is 0. The van der Waals surface area contributed by atoms with Crippen LogP contribution in [-0.2, 0) is 13.0 Å². The fraction of sp³-hybridized carbons (Fsp3) is 0.174. The van der Waals surface area contributed by atoms with Gasteiger partial charge in [-0.3, -0.25) is 0 Å². The fourth-order valence-corrected chi connectivity index (χ4v) is 3.41. The van der Waals surface area contributed by atoms with Crippen molar-refractivity contribution >= 4 is 23.1 Å². The molecule has 2 amide bonds. The highest BCUT2D eigenvalue weighted by molar-refractivity contribution is 5.93. The van der Waals surface area contributed by atoms with Crippen LogP contribution in [0.1, 0.15) is 23.6 Å². The first-order valence-corrected chi connectivity index (χ1v) is 9.60. The van der Waals surface area contributed by atoms with E-state index in [4.69, 9.17) is 4.74 Å². The van der Waals surface area contributed by atoms with Gasteiger partial charge in [0.2, 0.25) is 0 Å². The number of para-hydroxylation sites is 2. The third kappa shape index (κ3) is 4.11. The molecule has 1 aliphatic rings. The second kappa shape index (κ2) is 8.14. The summed E-state index contributed by atoms with van der Waals surface area (Å²) < 4.78 is 5.98. The van der Waals surface area contributed by atoms with Crippen molar-refractivity contribution in [1.29, 1.82) is 0 Å². The molecule has 0 atom stereocenters. The van der Waals surface area contributed by atoms with Crippen molar-refractivity contribution in [3.63, 3.8) is 0 Å². The van der Waals surface area contributed by atoms with Crippen LogP contribution in [0.25, 0.3) is 0 Å². The zero-order valence-electron chi connectivity index (χ0n) is 16.2. The number of carbonyl (C=O) groups excluding carboxylic acids is 1. The predicted molar refractivity (Wildman–Crippen MR) is 114 cm³/mol. The molecule has 0 aliphatic carbocycles. The largest absolute Gasteiger partial charge is 0.507 e. The number of urea groups is 1. The molecule has 6 heteroatoms. The summed E-state index contributed by atoms with van der Waals surface area (Å²) in [6, 6.07) is 18.8. The van der Waals surface area contributed by atoms with E-state index in [1.807, 2.05) is 55.5 Å². The molecule has 0 fully saturated rings. The summed E-state index contributed by atoms with van der Waals surface area (Å²) in [5, 5.41) is 19.5. The quantitative estimate of drug-likeness (QED) is 0.518. The van der Waals surface area contributed by atoms with Crippen molar-refractivity contribution in [2.45, 2.75) is 20.0 Å². The van der Waals surface area contributed by atoms with Crippen LogP contribution >= 0.6 is 0 Å². The number of carbonyl (C=O) groups is 1. The van der Waals surface area contributed by atoms with Crippen molar-refractivity contribution in [3.05, 3.63) is 77.4 Å². The van der Waals surface area contributed by atoms with E-state index < -0.39 is 0 Å². The summed E-state index contributed by atoms with van der Waals surface area (Å²) in [5.41, 5.74) is 5.08. The Bertz CT molecular complexity index is 1050. The topological polar surface area (TPSA) is 82.6 Å². The highest BCUT2D eigenvalue weighted by Crippen LogP contribution is 2.38. The van der Waals surface area contributed by atoms with E-state index in [9.17, 15) is 9.90 Å². The molecule has 0 unspecified atom stereocenters. The van der Waals surface area contributed by atoms with Crippen molar-refractivity contribution in [3.8, 4) is 11.5 Å². The first kappa shape index (κ1) is 18.7. The van der Waals surface area contributed by atoms with Gasteiger partial charge in [-0.1, -0.05) is 36.4 Å². The van der Waals surface area contributed by atoms with Crippen LogP contribution in [0, 0.1) is 0 Å². The number of rotatable bonds is 4. The Balaban J connectivity index is 1.61. The average molecular weight is 389 g/mol. The molecule has 6 nitrogen and oxygen atoms in total. The Morgan fingerprint density at radius 1 is 1.03 bits per heavy atom. The van der Waals surface area contributed by atoms with Gasteiger partial charge >= 0.3 is 6.03 Å². The third-order valence-corrected chi connectivity index (χ3v) is 4.85. The number of hydrogen-bond acceptors (Lipinski definition) is 4. The number of phenolic OH excluding ortho intramolecular Hbond substituents is 1. The monoisotopic (exact) mass is 389 g/mol. The molecule has 0 aromatic heterocycles. The first-order valence-electron chi connectivity index (χ1n) is 9.60. The number of anilines is 3. The van der Waals surface area contributed by atoms with Gasteiger partial charge in [-0.15, -0.1) is 0 Å². The molecule has 0 saturated carbocycles. The van der Waals surface area contributed by atoms with Crippen LogP contribution in [0.5, 0.6) is 11.5 Å².